The summed E-state index contributed by atoms with van der Waals surface area (Å²) in [5.74, 6) is 2.03. The minimum Gasteiger partial charge on any atom is -0.352 e. The van der Waals surface area contributed by atoms with Gasteiger partial charge in [0.25, 0.3) is 0 Å². The Labute approximate surface area is 168 Å². The number of nitrogens with one attached hydrogen (secondary N) is 1. The molecule has 2 saturated heterocycles. The van der Waals surface area contributed by atoms with Crippen LogP contribution in [0.4, 0.5) is 0 Å². The van der Waals surface area contributed by atoms with Crippen LogP contribution in [-0.4, -0.2) is 39.5 Å². The molecule has 2 aliphatic rings. The molecule has 0 aliphatic carbocycles. The Morgan fingerprint density at radius 1 is 1.14 bits per heavy atom. The Bertz CT molecular complexity index is 848. The summed E-state index contributed by atoms with van der Waals surface area (Å²) in [4.78, 5) is 18.8. The molecule has 0 radical (unpaired) electrons. The molecule has 1 aromatic heterocycles. The normalized spacial score (nSPS) is 21.2. The lowest BCUT2D eigenvalue weighted by Gasteiger charge is -2.30. The van der Waals surface area contributed by atoms with Gasteiger partial charge in [-0.05, 0) is 74.9 Å². The molecule has 28 heavy (non-hydrogen) atoms. The number of aryl methyl sites for hydroxylation is 2. The van der Waals surface area contributed by atoms with Crippen molar-refractivity contribution in [1.29, 1.82) is 0 Å². The summed E-state index contributed by atoms with van der Waals surface area (Å²) < 4.78 is 2.19. The quantitative estimate of drug-likeness (QED) is 0.861. The number of hydrogen-bond donors (Lipinski definition) is 1. The van der Waals surface area contributed by atoms with Crippen molar-refractivity contribution in [1.82, 2.24) is 19.8 Å². The standard InChI is InChI=1S/C23H32N4O/c1-16-6-9-26(10-7-16)14-19-13-21(18(3)12-17(19)2)23-24-8-11-27(23)15-20-4-5-22(28)25-20/h8,11-13,16,20H,4-7,9-10,14-15H2,1-3H3,(H,25,28). The first kappa shape index (κ1) is 19.2. The Morgan fingerprint density at radius 3 is 2.64 bits per heavy atom. The number of imidazole rings is 1. The van der Waals surface area contributed by atoms with Crippen LogP contribution in [0.25, 0.3) is 11.4 Å². The lowest BCUT2D eigenvalue weighted by atomic mass is 9.96. The van der Waals surface area contributed by atoms with Gasteiger partial charge in [-0.15, -0.1) is 0 Å². The highest BCUT2D eigenvalue weighted by atomic mass is 16.1. The van der Waals surface area contributed by atoms with Gasteiger partial charge in [0.05, 0.1) is 0 Å². The zero-order valence-electron chi connectivity index (χ0n) is 17.4. The van der Waals surface area contributed by atoms with E-state index in [0.29, 0.717) is 6.42 Å². The fourth-order valence-electron chi connectivity index (χ4n) is 4.52. The smallest absolute Gasteiger partial charge is 0.220 e. The third-order valence-corrected chi connectivity index (χ3v) is 6.41. The maximum Gasteiger partial charge on any atom is 0.220 e. The summed E-state index contributed by atoms with van der Waals surface area (Å²) >= 11 is 0. The lowest BCUT2D eigenvalue weighted by Crippen LogP contribution is -2.32. The van der Waals surface area contributed by atoms with E-state index in [1.54, 1.807) is 0 Å². The molecule has 2 aliphatic heterocycles. The number of rotatable bonds is 5. The summed E-state index contributed by atoms with van der Waals surface area (Å²) in [6.45, 7) is 10.9. The molecule has 3 heterocycles. The van der Waals surface area contributed by atoms with Gasteiger partial charge in [-0.2, -0.15) is 0 Å². The number of aromatic nitrogens is 2. The number of piperidine rings is 1. The summed E-state index contributed by atoms with van der Waals surface area (Å²) in [5, 5.41) is 3.07. The molecule has 150 valence electrons. The van der Waals surface area contributed by atoms with E-state index in [4.69, 9.17) is 0 Å². The topological polar surface area (TPSA) is 50.2 Å². The lowest BCUT2D eigenvalue weighted by molar-refractivity contribution is -0.119. The fourth-order valence-corrected chi connectivity index (χ4v) is 4.52. The van der Waals surface area contributed by atoms with Crippen molar-refractivity contribution in [3.05, 3.63) is 41.2 Å². The Balaban J connectivity index is 1.56. The number of nitrogens with zero attached hydrogens (tertiary/aromatic N) is 3. The average Bonchev–Trinajstić information content (AvgIpc) is 3.28. The number of hydrogen-bond acceptors (Lipinski definition) is 3. The van der Waals surface area contributed by atoms with Crippen LogP contribution >= 0.6 is 0 Å². The fraction of sp³-hybridized carbons (Fsp3) is 0.565. The molecule has 2 fully saturated rings. The minimum absolute atomic E-state index is 0.163. The van der Waals surface area contributed by atoms with Crippen molar-refractivity contribution in [3.8, 4) is 11.4 Å². The highest BCUT2D eigenvalue weighted by Crippen LogP contribution is 2.28. The molecular weight excluding hydrogens is 348 g/mol. The van der Waals surface area contributed by atoms with Gasteiger partial charge < -0.3 is 9.88 Å². The van der Waals surface area contributed by atoms with E-state index in [2.05, 4.69) is 52.7 Å². The van der Waals surface area contributed by atoms with Crippen LogP contribution in [0.5, 0.6) is 0 Å². The van der Waals surface area contributed by atoms with E-state index >= 15 is 0 Å². The second-order valence-electron chi connectivity index (χ2n) is 8.76. The molecule has 0 bridgehead atoms. The first-order valence-electron chi connectivity index (χ1n) is 10.6. The molecule has 2 aromatic rings. The minimum atomic E-state index is 0.163. The predicted octanol–water partition coefficient (Wildman–Crippen LogP) is 3.68. The molecule has 5 heteroatoms. The zero-order valence-corrected chi connectivity index (χ0v) is 17.4. The van der Waals surface area contributed by atoms with Gasteiger partial charge in [-0.3, -0.25) is 9.69 Å². The number of carbonyl (C=O) groups excluding carboxylic acids is 1. The zero-order chi connectivity index (χ0) is 19.7. The van der Waals surface area contributed by atoms with Gasteiger partial charge in [0.15, 0.2) is 0 Å². The second-order valence-corrected chi connectivity index (χ2v) is 8.76. The molecule has 1 unspecified atom stereocenters. The predicted molar refractivity (Wildman–Crippen MR) is 112 cm³/mol. The first-order valence-corrected chi connectivity index (χ1v) is 10.6. The Hall–Kier alpha value is -2.14. The monoisotopic (exact) mass is 380 g/mol. The Morgan fingerprint density at radius 2 is 1.93 bits per heavy atom. The maximum absolute atomic E-state index is 11.5. The van der Waals surface area contributed by atoms with Gasteiger partial charge >= 0.3 is 0 Å². The van der Waals surface area contributed by atoms with Crippen molar-refractivity contribution in [2.24, 2.45) is 5.92 Å². The van der Waals surface area contributed by atoms with Gasteiger partial charge in [0.1, 0.15) is 5.82 Å². The summed E-state index contributed by atoms with van der Waals surface area (Å²) in [7, 11) is 0. The second kappa shape index (κ2) is 8.08. The van der Waals surface area contributed by atoms with Gasteiger partial charge in [-0.1, -0.05) is 13.0 Å². The van der Waals surface area contributed by atoms with Crippen LogP contribution in [0.2, 0.25) is 0 Å². The van der Waals surface area contributed by atoms with Gasteiger partial charge in [0, 0.05) is 43.5 Å². The van der Waals surface area contributed by atoms with Crippen molar-refractivity contribution >= 4 is 5.91 Å². The molecule has 0 saturated carbocycles. The molecule has 1 amide bonds. The summed E-state index contributed by atoms with van der Waals surface area (Å²) in [5.41, 5.74) is 5.23. The van der Waals surface area contributed by atoms with E-state index in [1.807, 2.05) is 12.4 Å². The van der Waals surface area contributed by atoms with Crippen molar-refractivity contribution in [2.75, 3.05) is 13.1 Å². The summed E-state index contributed by atoms with van der Waals surface area (Å²) in [6, 6.07) is 4.85. The molecule has 1 N–H and O–H groups in total. The summed E-state index contributed by atoms with van der Waals surface area (Å²) in [6.07, 6.45) is 8.05. The molecule has 1 aromatic carbocycles. The molecule has 1 atom stereocenters. The van der Waals surface area contributed by atoms with Gasteiger partial charge in [-0.25, -0.2) is 4.98 Å². The largest absolute Gasteiger partial charge is 0.352 e. The van der Waals surface area contributed by atoms with Crippen LogP contribution in [-0.2, 0) is 17.9 Å². The average molecular weight is 381 g/mol. The number of carbonyl (C=O) groups is 1. The van der Waals surface area contributed by atoms with E-state index < -0.39 is 0 Å². The Kier molecular flexibility index (Phi) is 5.54. The first-order chi connectivity index (χ1) is 13.5. The van der Waals surface area contributed by atoms with Crippen molar-refractivity contribution in [2.45, 2.75) is 65.6 Å². The van der Waals surface area contributed by atoms with E-state index in [-0.39, 0.29) is 11.9 Å². The van der Waals surface area contributed by atoms with Crippen LogP contribution in [0, 0.1) is 19.8 Å². The number of amides is 1. The van der Waals surface area contributed by atoms with Crippen LogP contribution < -0.4 is 5.32 Å². The van der Waals surface area contributed by atoms with E-state index in [9.17, 15) is 4.79 Å². The highest BCUT2D eigenvalue weighted by molar-refractivity contribution is 5.78. The SMILES string of the molecule is Cc1cc(C)c(-c2nccn2CC2CCC(=O)N2)cc1CN1CCC(C)CC1. The molecular formula is C23H32N4O. The van der Waals surface area contributed by atoms with Crippen molar-refractivity contribution in [3.63, 3.8) is 0 Å². The van der Waals surface area contributed by atoms with Crippen LogP contribution in [0.1, 0.15) is 49.3 Å². The number of likely N-dealkylation sites (tertiary alicyclic amines) is 1. The molecule has 5 nitrogen and oxygen atoms in total. The van der Waals surface area contributed by atoms with E-state index in [1.165, 1.54) is 48.2 Å². The number of benzene rings is 1. The van der Waals surface area contributed by atoms with Crippen LogP contribution in [0.3, 0.4) is 0 Å². The highest BCUT2D eigenvalue weighted by Gasteiger charge is 2.23. The third kappa shape index (κ3) is 4.14. The molecule has 4 rings (SSSR count). The van der Waals surface area contributed by atoms with Crippen molar-refractivity contribution < 1.29 is 4.79 Å². The van der Waals surface area contributed by atoms with E-state index in [0.717, 1.165) is 31.3 Å². The molecule has 0 spiro atoms. The third-order valence-electron chi connectivity index (χ3n) is 6.41. The van der Waals surface area contributed by atoms with Gasteiger partial charge in [0.2, 0.25) is 5.91 Å². The van der Waals surface area contributed by atoms with Crippen LogP contribution in [0.15, 0.2) is 24.5 Å². The maximum atomic E-state index is 11.5.